The molecule has 1 unspecified atom stereocenters. The zero-order chi connectivity index (χ0) is 15.6. The first-order valence-electron chi connectivity index (χ1n) is 6.02. The average molecular weight is 376 g/mol. The summed E-state index contributed by atoms with van der Waals surface area (Å²) in [6.07, 6.45) is -1.16. The first kappa shape index (κ1) is 16.1. The highest BCUT2D eigenvalue weighted by Gasteiger charge is 2.18. The van der Waals surface area contributed by atoms with Crippen molar-refractivity contribution in [3.63, 3.8) is 0 Å². The first-order chi connectivity index (χ1) is 9.97. The molecule has 2 aromatic carbocycles. The van der Waals surface area contributed by atoms with Gasteiger partial charge >= 0.3 is 0 Å². The van der Waals surface area contributed by atoms with Gasteiger partial charge < -0.3 is 14.6 Å². The maximum Gasteiger partial charge on any atom is 0.161 e. The third-order valence-corrected chi connectivity index (χ3v) is 4.25. The van der Waals surface area contributed by atoms with Gasteiger partial charge in [-0.25, -0.2) is 4.39 Å². The number of hydrogen-bond acceptors (Lipinski definition) is 3. The molecule has 1 N–H and O–H groups in total. The molecule has 0 spiro atoms. The van der Waals surface area contributed by atoms with Gasteiger partial charge in [0.15, 0.2) is 11.5 Å². The van der Waals surface area contributed by atoms with E-state index >= 15 is 0 Å². The van der Waals surface area contributed by atoms with Gasteiger partial charge in [-0.1, -0.05) is 17.7 Å². The molecule has 0 bridgehead atoms. The Labute approximate surface area is 135 Å². The molecule has 6 heteroatoms. The molecular weight excluding hydrogens is 363 g/mol. The highest BCUT2D eigenvalue weighted by Crippen LogP contribution is 2.35. The number of halogens is 3. The van der Waals surface area contributed by atoms with Crippen LogP contribution in [0.2, 0.25) is 5.02 Å². The standard InChI is InChI=1S/C15H13BrClFO3/c1-20-13-4-3-8(5-14(13)21-2)15(19)9-6-11(17)10(16)7-12(9)18/h3-7,15,19H,1-2H3. The lowest BCUT2D eigenvalue weighted by atomic mass is 10.0. The van der Waals surface area contributed by atoms with Crippen molar-refractivity contribution in [2.75, 3.05) is 14.2 Å². The van der Waals surface area contributed by atoms with Crippen molar-refractivity contribution < 1.29 is 19.0 Å². The highest BCUT2D eigenvalue weighted by atomic mass is 79.9. The minimum absolute atomic E-state index is 0.0930. The maximum absolute atomic E-state index is 14.0. The lowest BCUT2D eigenvalue weighted by Gasteiger charge is -2.16. The third kappa shape index (κ3) is 3.31. The van der Waals surface area contributed by atoms with Gasteiger partial charge in [-0.3, -0.25) is 0 Å². The Balaban J connectivity index is 2.45. The number of methoxy groups -OCH3 is 2. The Morgan fingerprint density at radius 1 is 1.14 bits per heavy atom. The summed E-state index contributed by atoms with van der Waals surface area (Å²) < 4.78 is 24.7. The predicted molar refractivity (Wildman–Crippen MR) is 82.7 cm³/mol. The summed E-state index contributed by atoms with van der Waals surface area (Å²) in [7, 11) is 3.01. The van der Waals surface area contributed by atoms with E-state index in [9.17, 15) is 9.50 Å². The molecule has 21 heavy (non-hydrogen) atoms. The fourth-order valence-corrected chi connectivity index (χ4v) is 2.44. The number of aliphatic hydroxyl groups excluding tert-OH is 1. The van der Waals surface area contributed by atoms with Crippen molar-refractivity contribution in [3.05, 3.63) is 56.8 Å². The highest BCUT2D eigenvalue weighted by molar-refractivity contribution is 9.10. The fourth-order valence-electron chi connectivity index (χ4n) is 1.95. The van der Waals surface area contributed by atoms with Crippen molar-refractivity contribution >= 4 is 27.5 Å². The lowest BCUT2D eigenvalue weighted by molar-refractivity contribution is 0.214. The van der Waals surface area contributed by atoms with E-state index in [1.165, 1.54) is 26.4 Å². The van der Waals surface area contributed by atoms with Crippen molar-refractivity contribution in [1.82, 2.24) is 0 Å². The van der Waals surface area contributed by atoms with Crippen LogP contribution in [0.4, 0.5) is 4.39 Å². The molecule has 3 nitrogen and oxygen atoms in total. The topological polar surface area (TPSA) is 38.7 Å². The number of ether oxygens (including phenoxy) is 2. The van der Waals surface area contributed by atoms with Crippen molar-refractivity contribution in [2.24, 2.45) is 0 Å². The van der Waals surface area contributed by atoms with Gasteiger partial charge in [-0.05, 0) is 45.8 Å². The van der Waals surface area contributed by atoms with E-state index in [-0.39, 0.29) is 5.56 Å². The molecule has 0 fully saturated rings. The SMILES string of the molecule is COc1ccc(C(O)c2cc(Cl)c(Br)cc2F)cc1OC. The van der Waals surface area contributed by atoms with E-state index in [0.29, 0.717) is 26.6 Å². The van der Waals surface area contributed by atoms with E-state index in [1.807, 2.05) is 0 Å². The zero-order valence-electron chi connectivity index (χ0n) is 11.4. The smallest absolute Gasteiger partial charge is 0.161 e. The molecule has 0 aromatic heterocycles. The second-order valence-electron chi connectivity index (χ2n) is 4.30. The second kappa shape index (κ2) is 6.64. The summed E-state index contributed by atoms with van der Waals surface area (Å²) in [5, 5.41) is 10.7. The van der Waals surface area contributed by atoms with E-state index in [2.05, 4.69) is 15.9 Å². The summed E-state index contributed by atoms with van der Waals surface area (Å²) in [4.78, 5) is 0. The largest absolute Gasteiger partial charge is 0.493 e. The summed E-state index contributed by atoms with van der Waals surface area (Å²) in [5.41, 5.74) is 0.570. The van der Waals surface area contributed by atoms with Gasteiger partial charge in [0.2, 0.25) is 0 Å². The van der Waals surface area contributed by atoms with E-state index < -0.39 is 11.9 Å². The Morgan fingerprint density at radius 2 is 1.81 bits per heavy atom. The molecule has 0 amide bonds. The van der Waals surface area contributed by atoms with Gasteiger partial charge in [-0.15, -0.1) is 0 Å². The van der Waals surface area contributed by atoms with Crippen LogP contribution in [-0.2, 0) is 0 Å². The molecule has 0 radical (unpaired) electrons. The summed E-state index contributed by atoms with van der Waals surface area (Å²) >= 11 is 9.09. The fraction of sp³-hybridized carbons (Fsp3) is 0.200. The predicted octanol–water partition coefficient (Wildman–Crippen LogP) is 4.34. The molecule has 112 valence electrons. The maximum atomic E-state index is 14.0. The Hall–Kier alpha value is -1.30. The third-order valence-electron chi connectivity index (χ3n) is 3.06. The normalized spacial score (nSPS) is 12.1. The van der Waals surface area contributed by atoms with Crippen LogP contribution in [0.15, 0.2) is 34.8 Å². The first-order valence-corrected chi connectivity index (χ1v) is 7.19. The van der Waals surface area contributed by atoms with Gasteiger partial charge in [0, 0.05) is 10.0 Å². The zero-order valence-corrected chi connectivity index (χ0v) is 13.7. The van der Waals surface area contributed by atoms with Crippen LogP contribution in [-0.4, -0.2) is 19.3 Å². The molecule has 2 rings (SSSR count). The van der Waals surface area contributed by atoms with Crippen LogP contribution < -0.4 is 9.47 Å². The number of rotatable bonds is 4. The van der Waals surface area contributed by atoms with E-state index in [1.54, 1.807) is 18.2 Å². The number of hydrogen-bond donors (Lipinski definition) is 1. The van der Waals surface area contributed by atoms with Crippen molar-refractivity contribution in [3.8, 4) is 11.5 Å². The summed E-state index contributed by atoms with van der Waals surface area (Å²) in [6.45, 7) is 0. The molecule has 0 aliphatic rings. The van der Waals surface area contributed by atoms with Crippen LogP contribution in [0.5, 0.6) is 11.5 Å². The molecule has 0 aliphatic carbocycles. The lowest BCUT2D eigenvalue weighted by Crippen LogP contribution is -2.04. The number of benzene rings is 2. The van der Waals surface area contributed by atoms with E-state index in [4.69, 9.17) is 21.1 Å². The number of aliphatic hydroxyl groups is 1. The van der Waals surface area contributed by atoms with Crippen molar-refractivity contribution in [1.29, 1.82) is 0 Å². The molecule has 1 atom stereocenters. The molecular formula is C15H13BrClFO3. The van der Waals surface area contributed by atoms with Crippen molar-refractivity contribution in [2.45, 2.75) is 6.10 Å². The van der Waals surface area contributed by atoms with Crippen LogP contribution in [0.1, 0.15) is 17.2 Å². The molecule has 0 aliphatic heterocycles. The summed E-state index contributed by atoms with van der Waals surface area (Å²) in [5.74, 6) is 0.439. The Morgan fingerprint density at radius 3 is 2.43 bits per heavy atom. The monoisotopic (exact) mass is 374 g/mol. The van der Waals surface area contributed by atoms with Crippen LogP contribution >= 0.6 is 27.5 Å². The van der Waals surface area contributed by atoms with Crippen LogP contribution in [0, 0.1) is 5.82 Å². The molecule has 2 aromatic rings. The Kier molecular flexibility index (Phi) is 5.08. The quantitative estimate of drug-likeness (QED) is 0.808. The van der Waals surface area contributed by atoms with Crippen LogP contribution in [0.3, 0.4) is 0 Å². The summed E-state index contributed by atoms with van der Waals surface area (Å²) in [6, 6.07) is 7.50. The van der Waals surface area contributed by atoms with Crippen LogP contribution in [0.25, 0.3) is 0 Å². The average Bonchev–Trinajstić information content (AvgIpc) is 2.49. The molecule has 0 heterocycles. The molecule has 0 saturated carbocycles. The second-order valence-corrected chi connectivity index (χ2v) is 5.57. The Bertz CT molecular complexity index is 664. The van der Waals surface area contributed by atoms with E-state index in [0.717, 1.165) is 0 Å². The van der Waals surface area contributed by atoms with Gasteiger partial charge in [-0.2, -0.15) is 0 Å². The molecule has 0 saturated heterocycles. The minimum atomic E-state index is -1.16. The van der Waals surface area contributed by atoms with Gasteiger partial charge in [0.1, 0.15) is 11.9 Å². The van der Waals surface area contributed by atoms with Gasteiger partial charge in [0.05, 0.1) is 19.2 Å². The minimum Gasteiger partial charge on any atom is -0.493 e. The van der Waals surface area contributed by atoms with Gasteiger partial charge in [0.25, 0.3) is 0 Å².